The van der Waals surface area contributed by atoms with Crippen LogP contribution < -0.4 is 5.32 Å². The second kappa shape index (κ2) is 9.50. The molecule has 0 bridgehead atoms. The lowest BCUT2D eigenvalue weighted by Gasteiger charge is -2.22. The average Bonchev–Trinajstić information content (AvgIpc) is 2.55. The molecule has 1 atom stereocenters. The third kappa shape index (κ3) is 6.01. The van der Waals surface area contributed by atoms with Crippen molar-refractivity contribution in [3.8, 4) is 0 Å². The number of hydrogen-bond acceptors (Lipinski definition) is 3. The van der Waals surface area contributed by atoms with E-state index in [2.05, 4.69) is 42.8 Å². The van der Waals surface area contributed by atoms with E-state index in [0.717, 1.165) is 19.6 Å². The summed E-state index contributed by atoms with van der Waals surface area (Å²) in [6.45, 7) is 4.16. The van der Waals surface area contributed by atoms with Gasteiger partial charge in [0.05, 0.1) is 6.10 Å². The summed E-state index contributed by atoms with van der Waals surface area (Å²) in [7, 11) is 0. The SMILES string of the molecule is CSc1ccc(C(C)NCCCOC2CCCCC2)cc1. The minimum Gasteiger partial charge on any atom is -0.378 e. The fourth-order valence-corrected chi connectivity index (χ4v) is 3.29. The molecular weight excluding hydrogens is 278 g/mol. The summed E-state index contributed by atoms with van der Waals surface area (Å²) in [4.78, 5) is 1.33. The molecule has 1 saturated carbocycles. The summed E-state index contributed by atoms with van der Waals surface area (Å²) in [5.41, 5.74) is 1.36. The first-order valence-electron chi connectivity index (χ1n) is 8.28. The summed E-state index contributed by atoms with van der Waals surface area (Å²) < 4.78 is 5.96. The molecule has 1 aromatic rings. The Hall–Kier alpha value is -0.510. The van der Waals surface area contributed by atoms with Crippen molar-refractivity contribution in [2.24, 2.45) is 0 Å². The van der Waals surface area contributed by atoms with Crippen molar-refractivity contribution < 1.29 is 4.74 Å². The van der Waals surface area contributed by atoms with Gasteiger partial charge >= 0.3 is 0 Å². The van der Waals surface area contributed by atoms with Crippen LogP contribution in [0.25, 0.3) is 0 Å². The van der Waals surface area contributed by atoms with Gasteiger partial charge in [0, 0.05) is 17.5 Å². The Balaban J connectivity index is 1.58. The lowest BCUT2D eigenvalue weighted by molar-refractivity contribution is 0.0271. The molecular formula is C18H29NOS. The molecule has 0 aliphatic heterocycles. The Kier molecular flexibility index (Phi) is 7.62. The quantitative estimate of drug-likeness (QED) is 0.550. The Morgan fingerprint density at radius 3 is 2.57 bits per heavy atom. The maximum atomic E-state index is 5.96. The van der Waals surface area contributed by atoms with E-state index in [9.17, 15) is 0 Å². The molecule has 1 unspecified atom stereocenters. The van der Waals surface area contributed by atoms with Gasteiger partial charge in [-0.2, -0.15) is 0 Å². The van der Waals surface area contributed by atoms with Crippen LogP contribution >= 0.6 is 11.8 Å². The first-order chi connectivity index (χ1) is 10.3. The predicted molar refractivity (Wildman–Crippen MR) is 92.1 cm³/mol. The lowest BCUT2D eigenvalue weighted by Crippen LogP contribution is -2.23. The maximum absolute atomic E-state index is 5.96. The van der Waals surface area contributed by atoms with Crippen LogP contribution in [0, 0.1) is 0 Å². The van der Waals surface area contributed by atoms with Gasteiger partial charge in [-0.05, 0) is 56.7 Å². The molecule has 0 saturated heterocycles. The molecule has 0 amide bonds. The van der Waals surface area contributed by atoms with Crippen molar-refractivity contribution in [3.05, 3.63) is 29.8 Å². The highest BCUT2D eigenvalue weighted by Gasteiger charge is 2.13. The van der Waals surface area contributed by atoms with Gasteiger partial charge in [-0.25, -0.2) is 0 Å². The van der Waals surface area contributed by atoms with Gasteiger partial charge in [0.15, 0.2) is 0 Å². The number of rotatable bonds is 8. The number of nitrogens with one attached hydrogen (secondary N) is 1. The maximum Gasteiger partial charge on any atom is 0.0575 e. The molecule has 118 valence electrons. The summed E-state index contributed by atoms with van der Waals surface area (Å²) in [6, 6.07) is 9.26. The van der Waals surface area contributed by atoms with E-state index in [1.165, 1.54) is 42.6 Å². The second-order valence-corrected chi connectivity index (χ2v) is 6.81. The molecule has 0 aromatic heterocycles. The molecule has 2 rings (SSSR count). The zero-order valence-electron chi connectivity index (χ0n) is 13.4. The van der Waals surface area contributed by atoms with Crippen molar-refractivity contribution in [2.45, 2.75) is 62.5 Å². The van der Waals surface area contributed by atoms with Crippen LogP contribution in [-0.4, -0.2) is 25.5 Å². The van der Waals surface area contributed by atoms with Crippen LogP contribution in [0.5, 0.6) is 0 Å². The van der Waals surface area contributed by atoms with Gasteiger partial charge in [-0.15, -0.1) is 11.8 Å². The molecule has 3 heteroatoms. The van der Waals surface area contributed by atoms with Gasteiger partial charge in [0.25, 0.3) is 0 Å². The zero-order valence-corrected chi connectivity index (χ0v) is 14.3. The average molecular weight is 308 g/mol. The van der Waals surface area contributed by atoms with Crippen molar-refractivity contribution in [1.29, 1.82) is 0 Å². The van der Waals surface area contributed by atoms with Crippen molar-refractivity contribution >= 4 is 11.8 Å². The molecule has 1 aromatic carbocycles. The van der Waals surface area contributed by atoms with E-state index in [1.807, 2.05) is 0 Å². The normalized spacial score (nSPS) is 17.8. The third-order valence-electron chi connectivity index (χ3n) is 4.29. The molecule has 0 radical (unpaired) electrons. The molecule has 1 aliphatic rings. The van der Waals surface area contributed by atoms with Crippen LogP contribution in [0.2, 0.25) is 0 Å². The summed E-state index contributed by atoms with van der Waals surface area (Å²) in [5, 5.41) is 3.59. The third-order valence-corrected chi connectivity index (χ3v) is 5.04. The van der Waals surface area contributed by atoms with Crippen molar-refractivity contribution in [2.75, 3.05) is 19.4 Å². The van der Waals surface area contributed by atoms with Crippen LogP contribution in [0.3, 0.4) is 0 Å². The molecule has 2 nitrogen and oxygen atoms in total. The Bertz CT molecular complexity index is 387. The summed E-state index contributed by atoms with van der Waals surface area (Å²) in [6.07, 6.45) is 10.4. The topological polar surface area (TPSA) is 21.3 Å². The van der Waals surface area contributed by atoms with Gasteiger partial charge < -0.3 is 10.1 Å². The molecule has 0 spiro atoms. The Morgan fingerprint density at radius 2 is 1.90 bits per heavy atom. The van der Waals surface area contributed by atoms with Gasteiger partial charge in [-0.1, -0.05) is 31.4 Å². The van der Waals surface area contributed by atoms with Crippen LogP contribution in [0.4, 0.5) is 0 Å². The van der Waals surface area contributed by atoms with E-state index in [0.29, 0.717) is 12.1 Å². The zero-order chi connectivity index (χ0) is 14.9. The fraction of sp³-hybridized carbons (Fsp3) is 0.667. The van der Waals surface area contributed by atoms with Gasteiger partial charge in [0.2, 0.25) is 0 Å². The highest BCUT2D eigenvalue weighted by Crippen LogP contribution is 2.20. The van der Waals surface area contributed by atoms with E-state index in [4.69, 9.17) is 4.74 Å². The van der Waals surface area contributed by atoms with E-state index < -0.39 is 0 Å². The van der Waals surface area contributed by atoms with E-state index in [1.54, 1.807) is 11.8 Å². The summed E-state index contributed by atoms with van der Waals surface area (Å²) >= 11 is 1.79. The second-order valence-electron chi connectivity index (χ2n) is 5.93. The first-order valence-corrected chi connectivity index (χ1v) is 9.51. The standard InChI is InChI=1S/C18H29NOS/c1-15(16-9-11-18(21-2)12-10-16)19-13-6-14-20-17-7-4-3-5-8-17/h9-12,15,17,19H,3-8,13-14H2,1-2H3. The number of benzene rings is 1. The lowest BCUT2D eigenvalue weighted by atomic mass is 9.98. The fourth-order valence-electron chi connectivity index (χ4n) is 2.88. The Labute approximate surface area is 134 Å². The monoisotopic (exact) mass is 307 g/mol. The van der Waals surface area contributed by atoms with E-state index in [-0.39, 0.29) is 0 Å². The molecule has 1 fully saturated rings. The van der Waals surface area contributed by atoms with Crippen LogP contribution in [0.1, 0.15) is 57.1 Å². The summed E-state index contributed by atoms with van der Waals surface area (Å²) in [5.74, 6) is 0. The number of hydrogen-bond donors (Lipinski definition) is 1. The van der Waals surface area contributed by atoms with Crippen molar-refractivity contribution in [3.63, 3.8) is 0 Å². The van der Waals surface area contributed by atoms with Gasteiger partial charge in [0.1, 0.15) is 0 Å². The Morgan fingerprint density at radius 1 is 1.19 bits per heavy atom. The number of thioether (sulfide) groups is 1. The molecule has 1 aliphatic carbocycles. The largest absolute Gasteiger partial charge is 0.378 e. The van der Waals surface area contributed by atoms with Crippen molar-refractivity contribution in [1.82, 2.24) is 5.32 Å². The minimum atomic E-state index is 0.413. The predicted octanol–water partition coefficient (Wildman–Crippen LogP) is 4.80. The molecule has 1 N–H and O–H groups in total. The molecule has 0 heterocycles. The molecule has 21 heavy (non-hydrogen) atoms. The highest BCUT2D eigenvalue weighted by atomic mass is 32.2. The van der Waals surface area contributed by atoms with Crippen LogP contribution in [-0.2, 0) is 4.74 Å². The smallest absolute Gasteiger partial charge is 0.0575 e. The van der Waals surface area contributed by atoms with Crippen LogP contribution in [0.15, 0.2) is 29.2 Å². The number of ether oxygens (including phenoxy) is 1. The minimum absolute atomic E-state index is 0.413. The highest BCUT2D eigenvalue weighted by molar-refractivity contribution is 7.98. The van der Waals surface area contributed by atoms with Gasteiger partial charge in [-0.3, -0.25) is 0 Å². The first kappa shape index (κ1) is 16.9. The van der Waals surface area contributed by atoms with E-state index >= 15 is 0 Å².